The summed E-state index contributed by atoms with van der Waals surface area (Å²) in [5, 5.41) is 0.864. The van der Waals surface area contributed by atoms with Crippen LogP contribution in [0.5, 0.6) is 5.75 Å². The van der Waals surface area contributed by atoms with E-state index < -0.39 is 0 Å². The number of fused-ring (bicyclic) bond motifs is 2. The number of pyridine rings is 2. The van der Waals surface area contributed by atoms with E-state index in [4.69, 9.17) is 14.7 Å². The Morgan fingerprint density at radius 1 is 0.941 bits per heavy atom. The maximum Gasteiger partial charge on any atom is 0.163 e. The lowest BCUT2D eigenvalue weighted by Gasteiger charge is -2.21. The number of benzene rings is 2. The van der Waals surface area contributed by atoms with Gasteiger partial charge in [-0.3, -0.25) is 9.97 Å². The molecule has 0 fully saturated rings. The van der Waals surface area contributed by atoms with Crippen LogP contribution in [0.4, 0.5) is 15.9 Å². The summed E-state index contributed by atoms with van der Waals surface area (Å²) in [7, 11) is 0. The van der Waals surface area contributed by atoms with E-state index in [2.05, 4.69) is 14.9 Å². The molecule has 0 N–H and O–H groups in total. The summed E-state index contributed by atoms with van der Waals surface area (Å²) in [5.74, 6) is 1.83. The van der Waals surface area contributed by atoms with Crippen molar-refractivity contribution in [1.82, 2.24) is 19.9 Å². The van der Waals surface area contributed by atoms with Gasteiger partial charge >= 0.3 is 0 Å². The average molecular weight is 449 g/mol. The van der Waals surface area contributed by atoms with Gasteiger partial charge in [-0.15, -0.1) is 0 Å². The van der Waals surface area contributed by atoms with Crippen molar-refractivity contribution < 1.29 is 9.13 Å². The van der Waals surface area contributed by atoms with Gasteiger partial charge in [0.2, 0.25) is 0 Å². The number of halogens is 1. The van der Waals surface area contributed by atoms with Crippen LogP contribution in [-0.4, -0.2) is 26.5 Å². The van der Waals surface area contributed by atoms with Crippen LogP contribution in [0.25, 0.3) is 22.3 Å². The molecule has 6 rings (SSSR count). The smallest absolute Gasteiger partial charge is 0.163 e. The van der Waals surface area contributed by atoms with Crippen molar-refractivity contribution in [1.29, 1.82) is 0 Å². The molecule has 0 spiro atoms. The maximum absolute atomic E-state index is 13.8. The van der Waals surface area contributed by atoms with Gasteiger partial charge in [-0.25, -0.2) is 14.4 Å². The fourth-order valence-electron chi connectivity index (χ4n) is 4.24. The molecule has 0 saturated heterocycles. The quantitative estimate of drug-likeness (QED) is 0.353. The van der Waals surface area contributed by atoms with Gasteiger partial charge in [0.1, 0.15) is 24.0 Å². The van der Waals surface area contributed by atoms with Crippen LogP contribution >= 0.6 is 0 Å². The summed E-state index contributed by atoms with van der Waals surface area (Å²) in [6.45, 7) is 1.07. The van der Waals surface area contributed by atoms with Gasteiger partial charge in [0, 0.05) is 41.8 Å². The van der Waals surface area contributed by atoms with Crippen molar-refractivity contribution in [2.75, 3.05) is 11.4 Å². The molecule has 34 heavy (non-hydrogen) atoms. The standard InChI is InChI=1S/C27H20FN5O/c28-20-6-9-25-18(14-20)10-13-33(25)27-23-15-22(34-17-21-5-1-2-12-30-21)7-8-24(23)31-26(32-27)19-4-3-11-29-16-19/h1-9,11-12,14-16H,10,13,17H2. The fraction of sp³-hybridized carbons (Fsp3) is 0.111. The van der Waals surface area contributed by atoms with E-state index in [9.17, 15) is 4.39 Å². The second-order valence-corrected chi connectivity index (χ2v) is 8.08. The number of anilines is 2. The fourth-order valence-corrected chi connectivity index (χ4v) is 4.24. The van der Waals surface area contributed by atoms with Crippen molar-refractivity contribution in [2.45, 2.75) is 13.0 Å². The summed E-state index contributed by atoms with van der Waals surface area (Å²) in [4.78, 5) is 20.4. The minimum Gasteiger partial charge on any atom is -0.487 e. The lowest BCUT2D eigenvalue weighted by atomic mass is 10.1. The van der Waals surface area contributed by atoms with E-state index in [1.54, 1.807) is 24.7 Å². The number of nitrogens with zero attached hydrogens (tertiary/aromatic N) is 5. The third kappa shape index (κ3) is 3.81. The number of aromatic nitrogens is 4. The van der Waals surface area contributed by atoms with Gasteiger partial charge in [-0.1, -0.05) is 6.07 Å². The first-order valence-corrected chi connectivity index (χ1v) is 11.1. The molecule has 1 aliphatic heterocycles. The van der Waals surface area contributed by atoms with E-state index in [0.717, 1.165) is 45.6 Å². The number of ether oxygens (including phenoxy) is 1. The molecule has 6 nitrogen and oxygen atoms in total. The number of hydrogen-bond donors (Lipinski definition) is 0. The molecule has 0 saturated carbocycles. The SMILES string of the molecule is Fc1ccc2c(c1)CCN2c1nc(-c2cccnc2)nc2ccc(OCc3ccccn3)cc12. The monoisotopic (exact) mass is 449 g/mol. The molecule has 0 unspecified atom stereocenters. The Hall–Kier alpha value is -4.39. The zero-order chi connectivity index (χ0) is 22.9. The van der Waals surface area contributed by atoms with Crippen molar-refractivity contribution in [3.8, 4) is 17.1 Å². The topological polar surface area (TPSA) is 64.0 Å². The van der Waals surface area contributed by atoms with E-state index in [1.807, 2.05) is 54.6 Å². The Morgan fingerprint density at radius 2 is 1.91 bits per heavy atom. The molecule has 4 heterocycles. The molecular weight excluding hydrogens is 429 g/mol. The molecule has 2 aromatic carbocycles. The highest BCUT2D eigenvalue weighted by molar-refractivity contribution is 5.94. The Morgan fingerprint density at radius 3 is 2.76 bits per heavy atom. The van der Waals surface area contributed by atoms with Crippen LogP contribution in [0.3, 0.4) is 0 Å². The van der Waals surface area contributed by atoms with Crippen molar-refractivity contribution in [3.05, 3.63) is 102 Å². The first-order valence-electron chi connectivity index (χ1n) is 11.1. The molecule has 0 bridgehead atoms. The molecule has 0 atom stereocenters. The third-order valence-corrected chi connectivity index (χ3v) is 5.87. The van der Waals surface area contributed by atoms with Crippen LogP contribution in [0.15, 0.2) is 85.3 Å². The molecule has 1 aliphatic rings. The molecule has 5 aromatic rings. The van der Waals surface area contributed by atoms with Gasteiger partial charge in [0.05, 0.1) is 11.2 Å². The normalized spacial score (nSPS) is 12.7. The Bertz CT molecular complexity index is 1480. The zero-order valence-corrected chi connectivity index (χ0v) is 18.2. The summed E-state index contributed by atoms with van der Waals surface area (Å²) in [5.41, 5.74) is 4.40. The second-order valence-electron chi connectivity index (χ2n) is 8.08. The summed E-state index contributed by atoms with van der Waals surface area (Å²) in [6, 6.07) is 20.3. The molecule has 7 heteroatoms. The average Bonchev–Trinajstić information content (AvgIpc) is 3.30. The maximum atomic E-state index is 13.8. The van der Waals surface area contributed by atoms with E-state index in [-0.39, 0.29) is 5.82 Å². The number of rotatable bonds is 5. The predicted molar refractivity (Wildman–Crippen MR) is 128 cm³/mol. The zero-order valence-electron chi connectivity index (χ0n) is 18.2. The van der Waals surface area contributed by atoms with Crippen LogP contribution < -0.4 is 9.64 Å². The highest BCUT2D eigenvalue weighted by Gasteiger charge is 2.25. The predicted octanol–water partition coefficient (Wildman–Crippen LogP) is 5.50. The highest BCUT2D eigenvalue weighted by Crippen LogP contribution is 2.39. The molecule has 3 aromatic heterocycles. The van der Waals surface area contributed by atoms with E-state index in [1.165, 1.54) is 6.07 Å². The number of hydrogen-bond acceptors (Lipinski definition) is 6. The van der Waals surface area contributed by atoms with Crippen LogP contribution in [-0.2, 0) is 13.0 Å². The molecular formula is C27H20FN5O. The lowest BCUT2D eigenvalue weighted by Crippen LogP contribution is -2.16. The third-order valence-electron chi connectivity index (χ3n) is 5.87. The largest absolute Gasteiger partial charge is 0.487 e. The van der Waals surface area contributed by atoms with Gasteiger partial charge < -0.3 is 9.64 Å². The van der Waals surface area contributed by atoms with Crippen molar-refractivity contribution >= 4 is 22.4 Å². The van der Waals surface area contributed by atoms with Gasteiger partial charge in [-0.2, -0.15) is 0 Å². The highest BCUT2D eigenvalue weighted by atomic mass is 19.1. The Kier molecular flexibility index (Phi) is 5.07. The van der Waals surface area contributed by atoms with E-state index in [0.29, 0.717) is 24.7 Å². The molecule has 166 valence electrons. The van der Waals surface area contributed by atoms with E-state index >= 15 is 0 Å². The molecule has 0 radical (unpaired) electrons. The summed E-state index contributed by atoms with van der Waals surface area (Å²) >= 11 is 0. The van der Waals surface area contributed by atoms with Gasteiger partial charge in [-0.05, 0) is 72.6 Å². The second kappa shape index (κ2) is 8.51. The molecule has 0 aliphatic carbocycles. The minimum absolute atomic E-state index is 0.227. The Balaban J connectivity index is 1.46. The van der Waals surface area contributed by atoms with Gasteiger partial charge in [0.15, 0.2) is 5.82 Å². The minimum atomic E-state index is -0.227. The van der Waals surface area contributed by atoms with Gasteiger partial charge in [0.25, 0.3) is 0 Å². The lowest BCUT2D eigenvalue weighted by molar-refractivity contribution is 0.302. The van der Waals surface area contributed by atoms with Crippen molar-refractivity contribution in [3.63, 3.8) is 0 Å². The first kappa shape index (κ1) is 20.2. The van der Waals surface area contributed by atoms with Crippen molar-refractivity contribution in [2.24, 2.45) is 0 Å². The van der Waals surface area contributed by atoms with Crippen LogP contribution in [0, 0.1) is 5.82 Å². The molecule has 0 amide bonds. The van der Waals surface area contributed by atoms with Crippen LogP contribution in [0.2, 0.25) is 0 Å². The van der Waals surface area contributed by atoms with Crippen LogP contribution in [0.1, 0.15) is 11.3 Å². The summed E-state index contributed by atoms with van der Waals surface area (Å²) in [6.07, 6.45) is 5.97. The Labute approximate surface area is 195 Å². The first-order chi connectivity index (χ1) is 16.7. The summed E-state index contributed by atoms with van der Waals surface area (Å²) < 4.78 is 19.9.